The summed E-state index contributed by atoms with van der Waals surface area (Å²) in [4.78, 5) is 0. The van der Waals surface area contributed by atoms with Gasteiger partial charge >= 0.3 is 0 Å². The van der Waals surface area contributed by atoms with Crippen LogP contribution in [0.5, 0.6) is 0 Å². The van der Waals surface area contributed by atoms with Gasteiger partial charge in [-0.1, -0.05) is 0 Å². The van der Waals surface area contributed by atoms with Gasteiger partial charge in [0.25, 0.3) is 0 Å². The maximum absolute atomic E-state index is 8.91. The fourth-order valence-corrected chi connectivity index (χ4v) is 0.982. The van der Waals surface area contributed by atoms with E-state index in [2.05, 4.69) is 0 Å². The summed E-state index contributed by atoms with van der Waals surface area (Å²) in [5.41, 5.74) is 5.55. The smallest absolute Gasteiger partial charge is 0.175 e. The molecule has 1 aliphatic heterocycles. The molecule has 1 aliphatic rings. The lowest BCUT2D eigenvalue weighted by atomic mass is 10.2. The number of nitrogens with two attached hydrogens (primary N) is 1. The first-order valence-electron chi connectivity index (χ1n) is 3.44. The van der Waals surface area contributed by atoms with Crippen LogP contribution in [-0.4, -0.2) is 30.3 Å². The zero-order chi connectivity index (χ0) is 7.56. The van der Waals surface area contributed by atoms with Crippen molar-refractivity contribution in [2.45, 2.75) is 32.0 Å². The van der Waals surface area contributed by atoms with Crippen molar-refractivity contribution < 1.29 is 14.6 Å². The number of aliphatic hydroxyl groups is 1. The van der Waals surface area contributed by atoms with Crippen LogP contribution in [0.1, 0.15) is 13.3 Å². The Morgan fingerprint density at radius 2 is 2.50 bits per heavy atom. The van der Waals surface area contributed by atoms with Gasteiger partial charge in [0.1, 0.15) is 0 Å². The van der Waals surface area contributed by atoms with Crippen LogP contribution in [0.2, 0.25) is 0 Å². The largest absolute Gasteiger partial charge is 0.368 e. The van der Waals surface area contributed by atoms with E-state index in [1.54, 1.807) is 0 Å². The molecule has 1 heterocycles. The molecule has 1 fully saturated rings. The zero-order valence-corrected chi connectivity index (χ0v) is 5.99. The average Bonchev–Trinajstić information content (AvgIpc) is 2.13. The summed E-state index contributed by atoms with van der Waals surface area (Å²) in [6.07, 6.45) is -0.698. The van der Waals surface area contributed by atoms with E-state index in [0.29, 0.717) is 13.0 Å². The second-order valence-corrected chi connectivity index (χ2v) is 2.31. The van der Waals surface area contributed by atoms with Gasteiger partial charge in [-0.25, -0.2) is 0 Å². The fraction of sp³-hybridized carbons (Fsp3) is 1.00. The second kappa shape index (κ2) is 3.30. The highest BCUT2D eigenvalue weighted by Crippen LogP contribution is 2.17. The Hall–Kier alpha value is -0.160. The molecule has 1 rings (SSSR count). The van der Waals surface area contributed by atoms with Gasteiger partial charge in [0.05, 0.1) is 6.04 Å². The first-order chi connectivity index (χ1) is 4.74. The predicted molar refractivity (Wildman–Crippen MR) is 35.1 cm³/mol. The number of hydrogen-bond acceptors (Lipinski definition) is 4. The molecule has 0 aliphatic carbocycles. The van der Waals surface area contributed by atoms with Gasteiger partial charge in [-0.05, 0) is 6.92 Å². The molecule has 4 heteroatoms. The molecule has 0 saturated carbocycles. The Morgan fingerprint density at radius 1 is 1.80 bits per heavy atom. The molecule has 60 valence electrons. The Labute approximate surface area is 59.9 Å². The highest BCUT2D eigenvalue weighted by Gasteiger charge is 2.31. The number of rotatable bonds is 2. The van der Waals surface area contributed by atoms with Gasteiger partial charge < -0.3 is 20.3 Å². The van der Waals surface area contributed by atoms with E-state index >= 15 is 0 Å². The fourth-order valence-electron chi connectivity index (χ4n) is 0.982. The second-order valence-electron chi connectivity index (χ2n) is 2.31. The van der Waals surface area contributed by atoms with Crippen molar-refractivity contribution in [2.24, 2.45) is 5.73 Å². The molecular weight excluding hydrogens is 134 g/mol. The normalized spacial score (nSPS) is 40.5. The third-order valence-corrected chi connectivity index (χ3v) is 1.45. The predicted octanol–water partition coefficient (Wildman–Crippen LogP) is -0.585. The van der Waals surface area contributed by atoms with E-state index in [0.717, 1.165) is 0 Å². The van der Waals surface area contributed by atoms with Crippen molar-refractivity contribution in [1.29, 1.82) is 0 Å². The van der Waals surface area contributed by atoms with Crippen LogP contribution in [0.15, 0.2) is 0 Å². The summed E-state index contributed by atoms with van der Waals surface area (Å²) < 4.78 is 10.0. The lowest BCUT2D eigenvalue weighted by Crippen LogP contribution is -2.32. The van der Waals surface area contributed by atoms with Crippen LogP contribution in [0.25, 0.3) is 0 Å². The first kappa shape index (κ1) is 7.94. The molecule has 3 atom stereocenters. The SMILES string of the molecule is CCOC1OC(O)CC1N. The maximum atomic E-state index is 8.91. The molecule has 3 unspecified atom stereocenters. The molecule has 0 aromatic rings. The van der Waals surface area contributed by atoms with Crippen molar-refractivity contribution in [1.82, 2.24) is 0 Å². The Bertz CT molecular complexity index is 109. The van der Waals surface area contributed by atoms with Crippen LogP contribution in [0.4, 0.5) is 0 Å². The summed E-state index contributed by atoms with van der Waals surface area (Å²) in [5, 5.41) is 8.91. The molecule has 0 aromatic carbocycles. The van der Waals surface area contributed by atoms with Gasteiger partial charge in [-0.15, -0.1) is 0 Å². The summed E-state index contributed by atoms with van der Waals surface area (Å²) >= 11 is 0. The maximum Gasteiger partial charge on any atom is 0.175 e. The van der Waals surface area contributed by atoms with Crippen molar-refractivity contribution in [3.05, 3.63) is 0 Å². The lowest BCUT2D eigenvalue weighted by molar-refractivity contribution is -0.186. The minimum atomic E-state index is -0.744. The Morgan fingerprint density at radius 3 is 2.90 bits per heavy atom. The van der Waals surface area contributed by atoms with E-state index in [-0.39, 0.29) is 6.04 Å². The Kier molecular flexibility index (Phi) is 2.62. The van der Waals surface area contributed by atoms with Crippen molar-refractivity contribution >= 4 is 0 Å². The molecule has 0 aromatic heterocycles. The molecule has 4 nitrogen and oxygen atoms in total. The standard InChI is InChI=1S/C6H13NO3/c1-2-9-6-4(7)3-5(8)10-6/h4-6,8H,2-3,7H2,1H3. The third-order valence-electron chi connectivity index (χ3n) is 1.45. The van der Waals surface area contributed by atoms with Crippen LogP contribution >= 0.6 is 0 Å². The lowest BCUT2D eigenvalue weighted by Gasteiger charge is -2.13. The minimum absolute atomic E-state index is 0.185. The minimum Gasteiger partial charge on any atom is -0.368 e. The number of hydrogen-bond donors (Lipinski definition) is 2. The van der Waals surface area contributed by atoms with Gasteiger partial charge in [0, 0.05) is 13.0 Å². The molecule has 10 heavy (non-hydrogen) atoms. The summed E-state index contributed by atoms with van der Waals surface area (Å²) in [6.45, 7) is 2.42. The quantitative estimate of drug-likeness (QED) is 0.548. The summed E-state index contributed by atoms with van der Waals surface area (Å²) in [6, 6.07) is -0.185. The molecule has 3 N–H and O–H groups in total. The highest BCUT2D eigenvalue weighted by atomic mass is 16.7. The van der Waals surface area contributed by atoms with E-state index < -0.39 is 12.6 Å². The highest BCUT2D eigenvalue weighted by molar-refractivity contribution is 4.74. The number of aliphatic hydroxyl groups excluding tert-OH is 1. The molecule has 0 amide bonds. The summed E-state index contributed by atoms with van der Waals surface area (Å²) in [7, 11) is 0. The third kappa shape index (κ3) is 1.67. The van der Waals surface area contributed by atoms with Gasteiger partial charge in [-0.2, -0.15) is 0 Å². The molecular formula is C6H13NO3. The van der Waals surface area contributed by atoms with Crippen molar-refractivity contribution in [3.63, 3.8) is 0 Å². The van der Waals surface area contributed by atoms with Crippen LogP contribution in [0, 0.1) is 0 Å². The van der Waals surface area contributed by atoms with Gasteiger partial charge in [-0.3, -0.25) is 0 Å². The van der Waals surface area contributed by atoms with E-state index in [1.165, 1.54) is 0 Å². The van der Waals surface area contributed by atoms with E-state index in [4.69, 9.17) is 20.3 Å². The molecule has 0 spiro atoms. The van der Waals surface area contributed by atoms with Crippen LogP contribution < -0.4 is 5.73 Å². The summed E-state index contributed by atoms with van der Waals surface area (Å²) in [5.74, 6) is 0. The zero-order valence-electron chi connectivity index (χ0n) is 5.99. The van der Waals surface area contributed by atoms with Crippen molar-refractivity contribution in [2.75, 3.05) is 6.61 Å². The first-order valence-corrected chi connectivity index (χ1v) is 3.44. The van der Waals surface area contributed by atoms with Gasteiger partial charge in [0.15, 0.2) is 12.6 Å². The van der Waals surface area contributed by atoms with Crippen LogP contribution in [0.3, 0.4) is 0 Å². The Balaban J connectivity index is 2.31. The molecule has 1 saturated heterocycles. The molecule has 0 bridgehead atoms. The van der Waals surface area contributed by atoms with Gasteiger partial charge in [0.2, 0.25) is 0 Å². The number of ether oxygens (including phenoxy) is 2. The van der Waals surface area contributed by atoms with E-state index in [9.17, 15) is 0 Å². The molecule has 0 radical (unpaired) electrons. The van der Waals surface area contributed by atoms with E-state index in [1.807, 2.05) is 6.92 Å². The van der Waals surface area contributed by atoms with Crippen molar-refractivity contribution in [3.8, 4) is 0 Å². The van der Waals surface area contributed by atoms with Crippen LogP contribution in [-0.2, 0) is 9.47 Å². The monoisotopic (exact) mass is 147 g/mol. The average molecular weight is 147 g/mol. The topological polar surface area (TPSA) is 64.7 Å².